The second-order valence-electron chi connectivity index (χ2n) is 5.19. The van der Waals surface area contributed by atoms with E-state index in [4.69, 9.17) is 4.74 Å². The quantitative estimate of drug-likeness (QED) is 0.514. The highest BCUT2D eigenvalue weighted by molar-refractivity contribution is 5.88. The van der Waals surface area contributed by atoms with Gasteiger partial charge in [0.1, 0.15) is 12.0 Å². The Morgan fingerprint density at radius 2 is 2.04 bits per heavy atom. The highest BCUT2D eigenvalue weighted by Gasteiger charge is 2.13. The lowest BCUT2D eigenvalue weighted by Crippen LogP contribution is -2.36. The zero-order valence-corrected chi connectivity index (χ0v) is 13.0. The smallest absolute Gasteiger partial charge is 0.287 e. The van der Waals surface area contributed by atoms with Crippen molar-refractivity contribution in [2.75, 3.05) is 36.6 Å². The summed E-state index contributed by atoms with van der Waals surface area (Å²) in [6.07, 6.45) is 2.91. The average Bonchev–Trinajstić information content (AvgIpc) is 2.63. The van der Waals surface area contributed by atoms with Crippen molar-refractivity contribution in [3.8, 4) is 0 Å². The van der Waals surface area contributed by atoms with Crippen LogP contribution in [0.1, 0.15) is 5.56 Å². The molecule has 1 N–H and O–H groups in total. The molecule has 0 spiro atoms. The molecule has 0 bridgehead atoms. The minimum Gasteiger partial charge on any atom is -0.378 e. The molecule has 124 valence electrons. The molecule has 1 aromatic carbocycles. The number of anilines is 2. The second kappa shape index (κ2) is 7.51. The predicted octanol–water partition coefficient (Wildman–Crippen LogP) is 2.27. The van der Waals surface area contributed by atoms with E-state index in [0.717, 1.165) is 37.6 Å². The van der Waals surface area contributed by atoms with Crippen LogP contribution in [0.2, 0.25) is 0 Å². The number of hydrazone groups is 1. The van der Waals surface area contributed by atoms with Crippen molar-refractivity contribution in [1.82, 2.24) is 4.98 Å². The van der Waals surface area contributed by atoms with Gasteiger partial charge in [-0.15, -0.1) is 0 Å². The fourth-order valence-electron chi connectivity index (χ4n) is 2.42. The average molecular weight is 327 g/mol. The number of pyridine rings is 1. The van der Waals surface area contributed by atoms with Gasteiger partial charge in [-0.2, -0.15) is 5.10 Å². The Hall–Kier alpha value is -3.00. The molecule has 0 atom stereocenters. The van der Waals surface area contributed by atoms with Gasteiger partial charge < -0.3 is 9.64 Å². The number of nitro groups is 1. The van der Waals surface area contributed by atoms with Crippen LogP contribution in [0, 0.1) is 10.1 Å². The van der Waals surface area contributed by atoms with Crippen LogP contribution < -0.4 is 10.3 Å². The van der Waals surface area contributed by atoms with E-state index in [1.807, 2.05) is 18.2 Å². The molecule has 2 heterocycles. The minimum atomic E-state index is -0.487. The number of nitrogens with one attached hydrogen (secondary N) is 1. The number of benzene rings is 1. The first-order valence-corrected chi connectivity index (χ1v) is 7.55. The fourth-order valence-corrected chi connectivity index (χ4v) is 2.42. The van der Waals surface area contributed by atoms with E-state index in [2.05, 4.69) is 26.5 Å². The van der Waals surface area contributed by atoms with E-state index in [1.54, 1.807) is 6.21 Å². The molecular formula is C16H17N5O3. The number of ether oxygens (including phenoxy) is 1. The van der Waals surface area contributed by atoms with Crippen molar-refractivity contribution in [1.29, 1.82) is 0 Å². The largest absolute Gasteiger partial charge is 0.378 e. The van der Waals surface area contributed by atoms with E-state index >= 15 is 0 Å². The van der Waals surface area contributed by atoms with E-state index in [-0.39, 0.29) is 5.69 Å². The maximum Gasteiger partial charge on any atom is 0.287 e. The van der Waals surface area contributed by atoms with Gasteiger partial charge in [-0.25, -0.2) is 4.98 Å². The number of hydrogen-bond acceptors (Lipinski definition) is 7. The molecule has 1 aliphatic rings. The third-order valence-corrected chi connectivity index (χ3v) is 3.63. The van der Waals surface area contributed by atoms with Gasteiger partial charge in [0.2, 0.25) is 0 Å². The van der Waals surface area contributed by atoms with E-state index in [0.29, 0.717) is 5.82 Å². The Balaban J connectivity index is 1.69. The number of nitrogens with zero attached hydrogens (tertiary/aromatic N) is 4. The van der Waals surface area contributed by atoms with Crippen molar-refractivity contribution in [2.24, 2.45) is 5.10 Å². The molecule has 0 saturated carbocycles. The first-order valence-electron chi connectivity index (χ1n) is 7.55. The van der Waals surface area contributed by atoms with Crippen molar-refractivity contribution in [3.05, 3.63) is 58.3 Å². The number of hydrogen-bond donors (Lipinski definition) is 1. The summed E-state index contributed by atoms with van der Waals surface area (Å²) in [6, 6.07) is 10.9. The summed E-state index contributed by atoms with van der Waals surface area (Å²) in [5.41, 5.74) is 4.81. The van der Waals surface area contributed by atoms with Crippen LogP contribution in [0.5, 0.6) is 0 Å². The maximum atomic E-state index is 10.6. The lowest BCUT2D eigenvalue weighted by atomic mass is 10.1. The summed E-state index contributed by atoms with van der Waals surface area (Å²) < 4.78 is 5.38. The molecule has 1 fully saturated rings. The first kappa shape index (κ1) is 15.9. The molecule has 0 aliphatic carbocycles. The topological polar surface area (TPSA) is 92.9 Å². The number of para-hydroxylation sites is 1. The van der Waals surface area contributed by atoms with Crippen molar-refractivity contribution >= 4 is 23.4 Å². The zero-order chi connectivity index (χ0) is 16.8. The van der Waals surface area contributed by atoms with E-state index < -0.39 is 4.92 Å². The fraction of sp³-hybridized carbons (Fsp3) is 0.250. The molecule has 1 aromatic heterocycles. The molecule has 24 heavy (non-hydrogen) atoms. The first-order chi connectivity index (χ1) is 11.7. The predicted molar refractivity (Wildman–Crippen MR) is 91.6 cm³/mol. The van der Waals surface area contributed by atoms with Crippen molar-refractivity contribution in [2.45, 2.75) is 0 Å². The molecule has 0 unspecified atom stereocenters. The van der Waals surface area contributed by atoms with Crippen LogP contribution >= 0.6 is 0 Å². The number of morpholine rings is 1. The normalized spacial score (nSPS) is 14.8. The van der Waals surface area contributed by atoms with Crippen LogP contribution in [0.3, 0.4) is 0 Å². The van der Waals surface area contributed by atoms with Gasteiger partial charge in [0.05, 0.1) is 24.4 Å². The molecule has 1 aliphatic heterocycles. The van der Waals surface area contributed by atoms with Gasteiger partial charge >= 0.3 is 0 Å². The van der Waals surface area contributed by atoms with Crippen LogP contribution in [0.15, 0.2) is 47.7 Å². The Labute approximate surface area is 138 Å². The van der Waals surface area contributed by atoms with E-state index in [9.17, 15) is 10.1 Å². The summed E-state index contributed by atoms with van der Waals surface area (Å²) >= 11 is 0. The van der Waals surface area contributed by atoms with Crippen LogP contribution in [-0.4, -0.2) is 42.4 Å². The van der Waals surface area contributed by atoms with Gasteiger partial charge in [-0.05, 0) is 12.1 Å². The lowest BCUT2D eigenvalue weighted by molar-refractivity contribution is -0.385. The monoisotopic (exact) mass is 327 g/mol. The van der Waals surface area contributed by atoms with Gasteiger partial charge in [0.25, 0.3) is 5.69 Å². The van der Waals surface area contributed by atoms with Gasteiger partial charge in [-0.1, -0.05) is 18.2 Å². The lowest BCUT2D eigenvalue weighted by Gasteiger charge is -2.29. The number of rotatable bonds is 5. The summed E-state index contributed by atoms with van der Waals surface area (Å²) in [5, 5.41) is 14.8. The second-order valence-corrected chi connectivity index (χ2v) is 5.19. The Morgan fingerprint density at radius 3 is 2.75 bits per heavy atom. The third-order valence-electron chi connectivity index (χ3n) is 3.63. The maximum absolute atomic E-state index is 10.6. The molecule has 0 amide bonds. The summed E-state index contributed by atoms with van der Waals surface area (Å²) in [4.78, 5) is 16.3. The van der Waals surface area contributed by atoms with E-state index in [1.165, 1.54) is 18.3 Å². The zero-order valence-electron chi connectivity index (χ0n) is 13.0. The van der Waals surface area contributed by atoms with Gasteiger partial charge in [-0.3, -0.25) is 15.5 Å². The summed E-state index contributed by atoms with van der Waals surface area (Å²) in [7, 11) is 0. The summed E-state index contributed by atoms with van der Waals surface area (Å²) in [5.74, 6) is 0.445. The third kappa shape index (κ3) is 3.85. The molecule has 8 nitrogen and oxygen atoms in total. The van der Waals surface area contributed by atoms with Gasteiger partial charge in [0, 0.05) is 30.4 Å². The molecule has 3 rings (SSSR count). The standard InChI is InChI=1S/C16H17N5O3/c22-21(23)14-5-6-16(17-12-14)19-18-11-13-3-1-2-4-15(13)20-7-9-24-10-8-20/h1-6,11-12H,7-10H2,(H,17,19)/b18-11-. The molecule has 2 aromatic rings. The number of aromatic nitrogens is 1. The van der Waals surface area contributed by atoms with Crippen LogP contribution in [0.4, 0.5) is 17.2 Å². The van der Waals surface area contributed by atoms with Crippen molar-refractivity contribution < 1.29 is 9.66 Å². The molecular weight excluding hydrogens is 310 g/mol. The molecule has 0 radical (unpaired) electrons. The highest BCUT2D eigenvalue weighted by atomic mass is 16.6. The Kier molecular flexibility index (Phi) is 4.97. The minimum absolute atomic E-state index is 0.0535. The Bertz CT molecular complexity index is 727. The molecule has 1 saturated heterocycles. The van der Waals surface area contributed by atoms with Gasteiger partial charge in [0.15, 0.2) is 0 Å². The van der Waals surface area contributed by atoms with Crippen LogP contribution in [0.25, 0.3) is 0 Å². The van der Waals surface area contributed by atoms with Crippen molar-refractivity contribution in [3.63, 3.8) is 0 Å². The SMILES string of the molecule is O=[N+]([O-])c1ccc(N/N=C\c2ccccc2N2CCOCC2)nc1. The Morgan fingerprint density at radius 1 is 1.25 bits per heavy atom. The molecule has 8 heteroatoms. The highest BCUT2D eigenvalue weighted by Crippen LogP contribution is 2.20. The van der Waals surface area contributed by atoms with Crippen LogP contribution in [-0.2, 0) is 4.74 Å². The summed E-state index contributed by atoms with van der Waals surface area (Å²) in [6.45, 7) is 3.14.